The number of hydrogen-bond donors (Lipinski definition) is 2. The molecule has 1 aliphatic heterocycles. The molecule has 31 heavy (non-hydrogen) atoms. The molecule has 0 amide bonds. The topological polar surface area (TPSA) is 57.5 Å². The quantitative estimate of drug-likeness (QED) is 0.319. The van der Waals surface area contributed by atoms with Crippen molar-refractivity contribution < 1.29 is 0 Å². The van der Waals surface area contributed by atoms with E-state index in [1.807, 2.05) is 18.8 Å². The predicted octanol–water partition coefficient (Wildman–Crippen LogP) is 3.88. The number of nitrogens with zero attached hydrogens (tertiary/aromatic N) is 4. The van der Waals surface area contributed by atoms with Crippen LogP contribution in [0.3, 0.4) is 0 Å². The molecular weight excluding hydrogens is 499 g/mol. The van der Waals surface area contributed by atoms with Gasteiger partial charge in [-0.3, -0.25) is 14.6 Å². The van der Waals surface area contributed by atoms with E-state index in [1.165, 1.54) is 22.5 Å². The summed E-state index contributed by atoms with van der Waals surface area (Å²) in [6.45, 7) is 9.60. The summed E-state index contributed by atoms with van der Waals surface area (Å²) >= 11 is 0. The minimum Gasteiger partial charge on any atom is -0.354 e. The van der Waals surface area contributed by atoms with Crippen LogP contribution in [0.2, 0.25) is 0 Å². The highest BCUT2D eigenvalue weighted by Crippen LogP contribution is 2.20. The first-order valence-electron chi connectivity index (χ1n) is 11.3. The van der Waals surface area contributed by atoms with Crippen LogP contribution in [-0.2, 0) is 33.0 Å². The average Bonchev–Trinajstić information content (AvgIpc) is 3.08. The van der Waals surface area contributed by atoms with Crippen LogP contribution in [0.5, 0.6) is 0 Å². The zero-order valence-corrected chi connectivity index (χ0v) is 22.0. The fourth-order valence-corrected chi connectivity index (χ4v) is 4.56. The Morgan fingerprint density at radius 2 is 1.94 bits per heavy atom. The van der Waals surface area contributed by atoms with E-state index >= 15 is 0 Å². The number of halogens is 1. The number of rotatable bonds is 7. The molecule has 7 heteroatoms. The van der Waals surface area contributed by atoms with E-state index in [1.54, 1.807) is 0 Å². The van der Waals surface area contributed by atoms with Crippen LogP contribution in [0, 0.1) is 0 Å². The van der Waals surface area contributed by atoms with Crippen LogP contribution in [-0.4, -0.2) is 46.3 Å². The number of hydrogen-bond acceptors (Lipinski definition) is 3. The SMILES string of the molecule is CCc1nn(C)c(CC)c1CNC(=NC)NC1CCN(Cc2ccccc2)C(C)C1.I. The van der Waals surface area contributed by atoms with Gasteiger partial charge in [0.25, 0.3) is 0 Å². The Balaban J connectivity index is 0.00000341. The van der Waals surface area contributed by atoms with Gasteiger partial charge in [0, 0.05) is 57.1 Å². The van der Waals surface area contributed by atoms with Crippen LogP contribution < -0.4 is 10.6 Å². The van der Waals surface area contributed by atoms with E-state index in [0.29, 0.717) is 12.1 Å². The van der Waals surface area contributed by atoms with Gasteiger partial charge in [0.15, 0.2) is 5.96 Å². The Bertz CT molecular complexity index is 832. The minimum atomic E-state index is 0. The molecule has 3 rings (SSSR count). The number of piperidine rings is 1. The summed E-state index contributed by atoms with van der Waals surface area (Å²) in [6, 6.07) is 11.8. The molecule has 2 unspecified atom stereocenters. The maximum Gasteiger partial charge on any atom is 0.191 e. The van der Waals surface area contributed by atoms with Gasteiger partial charge in [-0.1, -0.05) is 44.2 Å². The predicted molar refractivity (Wildman–Crippen MR) is 140 cm³/mol. The van der Waals surface area contributed by atoms with Crippen molar-refractivity contribution in [1.29, 1.82) is 0 Å². The van der Waals surface area contributed by atoms with E-state index in [0.717, 1.165) is 51.3 Å². The molecule has 2 heterocycles. The van der Waals surface area contributed by atoms with E-state index in [2.05, 4.69) is 76.7 Å². The van der Waals surface area contributed by atoms with Crippen molar-refractivity contribution in [3.63, 3.8) is 0 Å². The molecule has 6 nitrogen and oxygen atoms in total. The van der Waals surface area contributed by atoms with Crippen molar-refractivity contribution in [3.8, 4) is 0 Å². The highest BCUT2D eigenvalue weighted by Gasteiger charge is 2.26. The first-order chi connectivity index (χ1) is 14.5. The summed E-state index contributed by atoms with van der Waals surface area (Å²) in [7, 11) is 3.90. The number of aromatic nitrogens is 2. The second kappa shape index (κ2) is 12.4. The highest BCUT2D eigenvalue weighted by atomic mass is 127. The van der Waals surface area contributed by atoms with Crippen LogP contribution in [0.1, 0.15) is 56.1 Å². The zero-order chi connectivity index (χ0) is 21.5. The van der Waals surface area contributed by atoms with Crippen molar-refractivity contribution >= 4 is 29.9 Å². The first kappa shape index (κ1) is 25.6. The maximum atomic E-state index is 4.68. The smallest absolute Gasteiger partial charge is 0.191 e. The highest BCUT2D eigenvalue weighted by molar-refractivity contribution is 14.0. The van der Waals surface area contributed by atoms with Gasteiger partial charge in [-0.15, -0.1) is 24.0 Å². The number of benzene rings is 1. The fraction of sp³-hybridized carbons (Fsp3) is 0.583. The largest absolute Gasteiger partial charge is 0.354 e. The van der Waals surface area contributed by atoms with Gasteiger partial charge in [0.05, 0.1) is 5.69 Å². The molecule has 0 saturated carbocycles. The lowest BCUT2D eigenvalue weighted by atomic mass is 9.97. The zero-order valence-electron chi connectivity index (χ0n) is 19.7. The van der Waals surface area contributed by atoms with E-state index in [9.17, 15) is 0 Å². The second-order valence-corrected chi connectivity index (χ2v) is 8.30. The molecule has 1 fully saturated rings. The van der Waals surface area contributed by atoms with Crippen LogP contribution in [0.15, 0.2) is 35.3 Å². The lowest BCUT2D eigenvalue weighted by molar-refractivity contribution is 0.134. The van der Waals surface area contributed by atoms with Crippen molar-refractivity contribution in [3.05, 3.63) is 52.8 Å². The standard InChI is InChI=1S/C24H38N6.HI/c1-6-22-21(23(7-2)29(5)28-22)16-26-24(25-4)27-20-13-14-30(18(3)15-20)17-19-11-9-8-10-12-19;/h8-12,18,20H,6-7,13-17H2,1-5H3,(H2,25,26,27);1H. The minimum absolute atomic E-state index is 0. The Morgan fingerprint density at radius 1 is 1.19 bits per heavy atom. The van der Waals surface area contributed by atoms with Crippen molar-refractivity contribution in [2.45, 2.75) is 71.6 Å². The molecule has 1 aromatic heterocycles. The monoisotopic (exact) mass is 538 g/mol. The maximum absolute atomic E-state index is 4.68. The summed E-state index contributed by atoms with van der Waals surface area (Å²) in [5, 5.41) is 11.9. The van der Waals surface area contributed by atoms with Crippen LogP contribution in [0.4, 0.5) is 0 Å². The summed E-state index contributed by atoms with van der Waals surface area (Å²) in [6.07, 6.45) is 4.20. The molecule has 1 aliphatic rings. The van der Waals surface area contributed by atoms with Gasteiger partial charge in [0.2, 0.25) is 0 Å². The lowest BCUT2D eigenvalue weighted by Crippen LogP contribution is -2.51. The van der Waals surface area contributed by atoms with E-state index in [-0.39, 0.29) is 24.0 Å². The average molecular weight is 539 g/mol. The molecular formula is C24H39IN6. The Morgan fingerprint density at radius 3 is 2.55 bits per heavy atom. The number of likely N-dealkylation sites (tertiary alicyclic amines) is 1. The van der Waals surface area contributed by atoms with Gasteiger partial charge in [-0.25, -0.2) is 0 Å². The molecule has 2 N–H and O–H groups in total. The molecule has 0 spiro atoms. The van der Waals surface area contributed by atoms with Gasteiger partial charge < -0.3 is 10.6 Å². The molecule has 2 atom stereocenters. The lowest BCUT2D eigenvalue weighted by Gasteiger charge is -2.38. The third kappa shape index (κ3) is 6.68. The number of aliphatic imine (C=N–C) groups is 1. The van der Waals surface area contributed by atoms with Gasteiger partial charge in [-0.2, -0.15) is 5.10 Å². The van der Waals surface area contributed by atoms with Gasteiger partial charge in [-0.05, 0) is 38.2 Å². The van der Waals surface area contributed by atoms with E-state index < -0.39 is 0 Å². The van der Waals surface area contributed by atoms with Crippen LogP contribution in [0.25, 0.3) is 0 Å². The first-order valence-corrected chi connectivity index (χ1v) is 11.3. The molecule has 0 bridgehead atoms. The van der Waals surface area contributed by atoms with E-state index in [4.69, 9.17) is 0 Å². The second-order valence-electron chi connectivity index (χ2n) is 8.30. The molecule has 172 valence electrons. The number of aryl methyl sites for hydroxylation is 2. The molecule has 0 radical (unpaired) electrons. The summed E-state index contributed by atoms with van der Waals surface area (Å²) < 4.78 is 2.02. The normalized spacial score (nSPS) is 19.7. The molecule has 1 saturated heterocycles. The molecule has 2 aromatic rings. The Hall–Kier alpha value is -1.61. The van der Waals surface area contributed by atoms with Gasteiger partial charge >= 0.3 is 0 Å². The summed E-state index contributed by atoms with van der Waals surface area (Å²) in [5.41, 5.74) is 5.19. The van der Waals surface area contributed by atoms with Gasteiger partial charge in [0.1, 0.15) is 0 Å². The van der Waals surface area contributed by atoms with Crippen molar-refractivity contribution in [1.82, 2.24) is 25.3 Å². The summed E-state index contributed by atoms with van der Waals surface area (Å²) in [4.78, 5) is 7.06. The Labute approximate surface area is 204 Å². The number of nitrogens with one attached hydrogen (secondary N) is 2. The molecule has 0 aliphatic carbocycles. The fourth-order valence-electron chi connectivity index (χ4n) is 4.56. The summed E-state index contributed by atoms with van der Waals surface area (Å²) in [5.74, 6) is 0.886. The molecule has 1 aromatic carbocycles. The number of guanidine groups is 1. The van der Waals surface area contributed by atoms with Crippen molar-refractivity contribution in [2.75, 3.05) is 13.6 Å². The third-order valence-corrected chi connectivity index (χ3v) is 6.27. The van der Waals surface area contributed by atoms with Crippen LogP contribution >= 0.6 is 24.0 Å². The Kier molecular flexibility index (Phi) is 10.3. The van der Waals surface area contributed by atoms with Crippen molar-refractivity contribution in [2.24, 2.45) is 12.0 Å². The third-order valence-electron chi connectivity index (χ3n) is 6.27.